The second kappa shape index (κ2) is 7.29. The molecule has 1 nitrogen and oxygen atoms in total. The molecule has 0 unspecified atom stereocenters. The molecule has 1 aromatic carbocycles. The maximum atomic E-state index is 13.9. The Bertz CT molecular complexity index is 541. The van der Waals surface area contributed by atoms with Crippen molar-refractivity contribution in [3.05, 3.63) is 53.0 Å². The molecule has 0 fully saturated rings. The minimum absolute atomic E-state index is 0.0569. The van der Waals surface area contributed by atoms with Gasteiger partial charge < -0.3 is 5.32 Å². The van der Waals surface area contributed by atoms with Crippen LogP contribution in [0.5, 0.6) is 0 Å². The van der Waals surface area contributed by atoms with Crippen molar-refractivity contribution in [2.24, 2.45) is 0 Å². The van der Waals surface area contributed by atoms with Gasteiger partial charge in [0.05, 0.1) is 5.57 Å². The van der Waals surface area contributed by atoms with Gasteiger partial charge in [-0.1, -0.05) is 30.7 Å². The van der Waals surface area contributed by atoms with E-state index in [1.54, 1.807) is 13.8 Å². The molecule has 0 spiro atoms. The van der Waals surface area contributed by atoms with E-state index in [-0.39, 0.29) is 23.1 Å². The van der Waals surface area contributed by atoms with Gasteiger partial charge in [0, 0.05) is 23.9 Å². The Morgan fingerprint density at radius 1 is 1.19 bits per heavy atom. The summed E-state index contributed by atoms with van der Waals surface area (Å²) < 4.78 is 54.1. The molecule has 5 heteroatoms. The number of allylic oxidation sites excluding steroid dienone is 3. The Morgan fingerprint density at radius 3 is 2.29 bits per heavy atom. The lowest BCUT2D eigenvalue weighted by molar-refractivity contribution is -0.0879. The van der Waals surface area contributed by atoms with Crippen LogP contribution in [-0.2, 0) is 0 Å². The lowest BCUT2D eigenvalue weighted by atomic mass is 9.93. The van der Waals surface area contributed by atoms with E-state index in [1.165, 1.54) is 31.3 Å². The minimum Gasteiger partial charge on any atom is -0.391 e. The molecule has 0 atom stereocenters. The topological polar surface area (TPSA) is 12.0 Å². The molecule has 1 N–H and O–H groups in total. The summed E-state index contributed by atoms with van der Waals surface area (Å²) in [6.45, 7) is 5.28. The first-order valence-electron chi connectivity index (χ1n) is 6.78. The zero-order valence-corrected chi connectivity index (χ0v) is 12.3. The fraction of sp³-hybridized carbons (Fsp3) is 0.375. The van der Waals surface area contributed by atoms with Crippen LogP contribution in [-0.4, -0.2) is 12.7 Å². The first-order chi connectivity index (χ1) is 9.82. The molecule has 1 rings (SSSR count). The van der Waals surface area contributed by atoms with Crippen molar-refractivity contribution in [2.75, 3.05) is 6.54 Å². The van der Waals surface area contributed by atoms with Crippen molar-refractivity contribution < 1.29 is 17.6 Å². The molecule has 0 aliphatic carbocycles. The highest BCUT2D eigenvalue weighted by molar-refractivity contribution is 5.81. The number of hydrogen-bond acceptors (Lipinski definition) is 1. The third-order valence-corrected chi connectivity index (χ3v) is 3.12. The molecule has 0 saturated heterocycles. The highest BCUT2D eigenvalue weighted by Gasteiger charge is 2.38. The quantitative estimate of drug-likeness (QED) is 0.592. The Hall–Kier alpha value is -1.78. The van der Waals surface area contributed by atoms with Crippen molar-refractivity contribution in [3.63, 3.8) is 0 Å². The molecule has 0 aliphatic heterocycles. The summed E-state index contributed by atoms with van der Waals surface area (Å²) in [7, 11) is 0. The molecule has 116 valence electrons. The number of benzene rings is 1. The number of hydrogen-bond donors (Lipinski definition) is 1. The van der Waals surface area contributed by atoms with Crippen LogP contribution in [0.2, 0.25) is 0 Å². The standard InChI is InChI=1S/C16H19F4N/c1-4-11(3)15(16(18,19)20)13(10-21-5-2)12-8-6-7-9-14(12)17/h6-10,21H,4-5H2,1-3H3/b13-10-,15-11?. The summed E-state index contributed by atoms with van der Waals surface area (Å²) in [5.74, 6) is -0.674. The van der Waals surface area contributed by atoms with Crippen molar-refractivity contribution in [1.29, 1.82) is 0 Å². The van der Waals surface area contributed by atoms with E-state index in [9.17, 15) is 17.6 Å². The monoisotopic (exact) mass is 301 g/mol. The van der Waals surface area contributed by atoms with Gasteiger partial charge in [0.15, 0.2) is 0 Å². The maximum absolute atomic E-state index is 13.9. The highest BCUT2D eigenvalue weighted by atomic mass is 19.4. The van der Waals surface area contributed by atoms with Crippen LogP contribution in [0.15, 0.2) is 41.6 Å². The summed E-state index contributed by atoms with van der Waals surface area (Å²) in [5, 5.41) is 2.74. The van der Waals surface area contributed by atoms with Crippen LogP contribution in [0.4, 0.5) is 17.6 Å². The number of alkyl halides is 3. The van der Waals surface area contributed by atoms with Gasteiger partial charge in [-0.05, 0) is 26.3 Å². The summed E-state index contributed by atoms with van der Waals surface area (Å²) in [4.78, 5) is 0. The van der Waals surface area contributed by atoms with Crippen molar-refractivity contribution >= 4 is 5.57 Å². The summed E-state index contributed by atoms with van der Waals surface area (Å²) in [6, 6.07) is 5.48. The van der Waals surface area contributed by atoms with Gasteiger partial charge in [0.2, 0.25) is 0 Å². The largest absolute Gasteiger partial charge is 0.417 e. The van der Waals surface area contributed by atoms with E-state index in [4.69, 9.17) is 0 Å². The van der Waals surface area contributed by atoms with E-state index in [0.29, 0.717) is 6.54 Å². The average molecular weight is 301 g/mol. The maximum Gasteiger partial charge on any atom is 0.417 e. The molecular weight excluding hydrogens is 282 g/mol. The van der Waals surface area contributed by atoms with E-state index in [2.05, 4.69) is 5.32 Å². The van der Waals surface area contributed by atoms with Crippen LogP contribution in [0.1, 0.15) is 32.8 Å². The summed E-state index contributed by atoms with van der Waals surface area (Å²) in [6.07, 6.45) is -3.06. The second-order valence-electron chi connectivity index (χ2n) is 4.60. The lowest BCUT2D eigenvalue weighted by Gasteiger charge is -2.19. The Morgan fingerprint density at radius 2 is 1.81 bits per heavy atom. The molecule has 1 aromatic rings. The van der Waals surface area contributed by atoms with Crippen molar-refractivity contribution in [2.45, 2.75) is 33.4 Å². The van der Waals surface area contributed by atoms with Gasteiger partial charge in [0.25, 0.3) is 0 Å². The molecule has 0 aromatic heterocycles. The zero-order chi connectivity index (χ0) is 16.0. The van der Waals surface area contributed by atoms with Crippen molar-refractivity contribution in [1.82, 2.24) is 5.32 Å². The van der Waals surface area contributed by atoms with Gasteiger partial charge >= 0.3 is 6.18 Å². The fourth-order valence-electron chi connectivity index (χ4n) is 1.97. The van der Waals surface area contributed by atoms with Crippen LogP contribution in [0.25, 0.3) is 5.57 Å². The number of halogens is 4. The Balaban J connectivity index is 3.55. The predicted octanol–water partition coefficient (Wildman–Crippen LogP) is 5.06. The van der Waals surface area contributed by atoms with Crippen LogP contribution in [0, 0.1) is 5.82 Å². The molecule has 0 saturated carbocycles. The van der Waals surface area contributed by atoms with Crippen LogP contribution < -0.4 is 5.32 Å². The lowest BCUT2D eigenvalue weighted by Crippen LogP contribution is -2.18. The third-order valence-electron chi connectivity index (χ3n) is 3.12. The molecule has 0 heterocycles. The molecule has 0 bridgehead atoms. The summed E-state index contributed by atoms with van der Waals surface area (Å²) >= 11 is 0. The molecule has 21 heavy (non-hydrogen) atoms. The number of nitrogens with one attached hydrogen (secondary N) is 1. The van der Waals surface area contributed by atoms with E-state index < -0.39 is 17.6 Å². The van der Waals surface area contributed by atoms with Gasteiger partial charge in [-0.25, -0.2) is 4.39 Å². The molecule has 0 radical (unpaired) electrons. The minimum atomic E-state index is -4.54. The fourth-order valence-corrected chi connectivity index (χ4v) is 1.97. The van der Waals surface area contributed by atoms with Gasteiger partial charge in [-0.3, -0.25) is 0 Å². The van der Waals surface area contributed by atoms with Crippen molar-refractivity contribution in [3.8, 4) is 0 Å². The van der Waals surface area contributed by atoms with E-state index in [0.717, 1.165) is 6.07 Å². The zero-order valence-electron chi connectivity index (χ0n) is 12.3. The highest BCUT2D eigenvalue weighted by Crippen LogP contribution is 2.39. The average Bonchev–Trinajstić information content (AvgIpc) is 2.42. The van der Waals surface area contributed by atoms with E-state index >= 15 is 0 Å². The molecular formula is C16H19F4N. The predicted molar refractivity (Wildman–Crippen MR) is 77.1 cm³/mol. The summed E-state index contributed by atoms with van der Waals surface area (Å²) in [5.41, 5.74) is -0.827. The first-order valence-corrected chi connectivity index (χ1v) is 6.78. The Kier molecular flexibility index (Phi) is 6.00. The van der Waals surface area contributed by atoms with Crippen LogP contribution in [0.3, 0.4) is 0 Å². The Labute approximate surface area is 122 Å². The van der Waals surface area contributed by atoms with Gasteiger partial charge in [-0.2, -0.15) is 13.2 Å². The smallest absolute Gasteiger partial charge is 0.391 e. The second-order valence-corrected chi connectivity index (χ2v) is 4.60. The normalized spacial score (nSPS) is 14.0. The molecule has 0 amide bonds. The third kappa shape index (κ3) is 4.34. The van der Waals surface area contributed by atoms with E-state index in [1.807, 2.05) is 0 Å². The van der Waals surface area contributed by atoms with Crippen LogP contribution >= 0.6 is 0 Å². The molecule has 0 aliphatic rings. The van der Waals surface area contributed by atoms with Gasteiger partial charge in [0.1, 0.15) is 5.82 Å². The first kappa shape index (κ1) is 17.3. The number of rotatable bonds is 5. The SMILES string of the molecule is CCN/C=C(\C(=C(C)CC)C(F)(F)F)c1ccccc1F. The van der Waals surface area contributed by atoms with Gasteiger partial charge in [-0.15, -0.1) is 0 Å².